The van der Waals surface area contributed by atoms with Crippen molar-refractivity contribution in [3.05, 3.63) is 48.0 Å². The Kier molecular flexibility index (Phi) is 5.77. The lowest BCUT2D eigenvalue weighted by Gasteiger charge is -2.39. The summed E-state index contributed by atoms with van der Waals surface area (Å²) < 4.78 is 0. The number of rotatable bonds is 3. The van der Waals surface area contributed by atoms with Crippen molar-refractivity contribution >= 4 is 29.3 Å². The highest BCUT2D eigenvalue weighted by Crippen LogP contribution is 2.39. The zero-order valence-corrected chi connectivity index (χ0v) is 19.5. The molecular formula is C26H30N4O4. The number of anilines is 2. The van der Waals surface area contributed by atoms with E-state index in [-0.39, 0.29) is 30.4 Å². The highest BCUT2D eigenvalue weighted by molar-refractivity contribution is 6.03. The first-order valence-corrected chi connectivity index (χ1v) is 11.9. The molecule has 0 saturated carbocycles. The molecule has 3 N–H and O–H groups in total. The van der Waals surface area contributed by atoms with Crippen molar-refractivity contribution in [2.24, 2.45) is 0 Å². The lowest BCUT2D eigenvalue weighted by atomic mass is 9.98. The normalized spacial score (nSPS) is 25.6. The maximum absolute atomic E-state index is 12.8. The number of piperidine rings is 1. The number of fused-ring (bicyclic) bond motifs is 3. The quantitative estimate of drug-likeness (QED) is 0.647. The van der Waals surface area contributed by atoms with Crippen LogP contribution in [0.3, 0.4) is 0 Å². The van der Waals surface area contributed by atoms with Gasteiger partial charge < -0.3 is 20.6 Å². The molecule has 3 aliphatic heterocycles. The topological polar surface area (TPSA) is 102 Å². The van der Waals surface area contributed by atoms with Crippen LogP contribution in [0.15, 0.2) is 42.5 Å². The molecule has 2 aromatic rings. The summed E-state index contributed by atoms with van der Waals surface area (Å²) in [4.78, 5) is 39.8. The van der Waals surface area contributed by atoms with Crippen LogP contribution in [-0.2, 0) is 4.79 Å². The second-order valence-electron chi connectivity index (χ2n) is 9.69. The molecule has 5 rings (SSSR count). The van der Waals surface area contributed by atoms with E-state index < -0.39 is 6.09 Å². The zero-order chi connectivity index (χ0) is 24.0. The number of carbonyl (C=O) groups is 3. The summed E-state index contributed by atoms with van der Waals surface area (Å²) in [5.41, 5.74) is 3.38. The zero-order valence-electron chi connectivity index (χ0n) is 19.5. The second kappa shape index (κ2) is 8.76. The molecule has 0 radical (unpaired) electrons. The molecule has 3 aliphatic rings. The van der Waals surface area contributed by atoms with E-state index in [9.17, 15) is 19.5 Å². The highest BCUT2D eigenvalue weighted by atomic mass is 16.4. The molecule has 4 atom stereocenters. The van der Waals surface area contributed by atoms with E-state index in [0.717, 1.165) is 24.0 Å². The largest absolute Gasteiger partial charge is 0.465 e. The van der Waals surface area contributed by atoms with Gasteiger partial charge in [0.05, 0.1) is 17.4 Å². The molecule has 0 spiro atoms. The Balaban J connectivity index is 1.36. The monoisotopic (exact) mass is 462 g/mol. The van der Waals surface area contributed by atoms with Crippen molar-refractivity contribution in [2.75, 3.05) is 16.3 Å². The Morgan fingerprint density at radius 3 is 2.24 bits per heavy atom. The summed E-state index contributed by atoms with van der Waals surface area (Å²) in [5.74, 6) is -0.185. The summed E-state index contributed by atoms with van der Waals surface area (Å²) in [6.07, 6.45) is 3.28. The maximum Gasteiger partial charge on any atom is 0.411 e. The number of hydrogen-bond acceptors (Lipinski definition) is 4. The van der Waals surface area contributed by atoms with E-state index in [1.165, 1.54) is 24.7 Å². The first-order chi connectivity index (χ1) is 16.3. The van der Waals surface area contributed by atoms with Gasteiger partial charge in [0, 0.05) is 37.2 Å². The number of carboxylic acid groups (broad SMARTS) is 1. The van der Waals surface area contributed by atoms with E-state index in [1.54, 1.807) is 29.2 Å². The predicted molar refractivity (Wildman–Crippen MR) is 130 cm³/mol. The van der Waals surface area contributed by atoms with Crippen LogP contribution in [0.2, 0.25) is 0 Å². The summed E-state index contributed by atoms with van der Waals surface area (Å²) in [6, 6.07) is 13.8. The van der Waals surface area contributed by atoms with Crippen LogP contribution < -0.4 is 20.4 Å². The Morgan fingerprint density at radius 2 is 1.62 bits per heavy atom. The fourth-order valence-electron chi connectivity index (χ4n) is 5.72. The number of nitrogens with zero attached hydrogens (tertiary/aromatic N) is 2. The Labute approximate surface area is 198 Å². The summed E-state index contributed by atoms with van der Waals surface area (Å²) in [7, 11) is 0. The van der Waals surface area contributed by atoms with Crippen LogP contribution in [0, 0.1) is 0 Å². The standard InChI is InChI=1S/C26H30N4O4/c1-15-14-29(26(33)34)24-11-19(7-10-23(24)30(15)16(2)31)17-3-5-18(6-4-17)25(32)28-22-12-20-8-9-21(13-22)27-20/h3-7,10-11,15,20-22,27H,8-9,12-14H2,1-2H3,(H,28,32)(H,33,34)/t15-,20-,21+,22+/m0/s1. The van der Waals surface area contributed by atoms with E-state index in [0.29, 0.717) is 29.0 Å². The molecule has 178 valence electrons. The van der Waals surface area contributed by atoms with Crippen LogP contribution in [0.1, 0.15) is 49.9 Å². The first-order valence-electron chi connectivity index (χ1n) is 11.9. The smallest absolute Gasteiger partial charge is 0.411 e. The molecule has 0 unspecified atom stereocenters. The molecule has 2 aromatic carbocycles. The minimum atomic E-state index is -1.05. The summed E-state index contributed by atoms with van der Waals surface area (Å²) in [5, 5.41) is 16.5. The third-order valence-corrected chi connectivity index (χ3v) is 7.27. The molecule has 8 heteroatoms. The van der Waals surface area contributed by atoms with Crippen LogP contribution in [0.25, 0.3) is 11.1 Å². The minimum absolute atomic E-state index is 0.0635. The van der Waals surface area contributed by atoms with Crippen LogP contribution in [-0.4, -0.2) is 53.7 Å². The van der Waals surface area contributed by atoms with Gasteiger partial charge in [0.2, 0.25) is 5.91 Å². The third-order valence-electron chi connectivity index (χ3n) is 7.27. The lowest BCUT2D eigenvalue weighted by molar-refractivity contribution is -0.117. The van der Waals surface area contributed by atoms with Gasteiger partial charge in [0.1, 0.15) is 0 Å². The molecule has 3 amide bonds. The predicted octanol–water partition coefficient (Wildman–Crippen LogP) is 3.61. The molecule has 2 saturated heterocycles. The molecule has 8 nitrogen and oxygen atoms in total. The van der Waals surface area contributed by atoms with Gasteiger partial charge in [-0.2, -0.15) is 0 Å². The van der Waals surface area contributed by atoms with Crippen LogP contribution >= 0.6 is 0 Å². The van der Waals surface area contributed by atoms with Gasteiger partial charge in [-0.3, -0.25) is 14.5 Å². The summed E-state index contributed by atoms with van der Waals surface area (Å²) >= 11 is 0. The fourth-order valence-corrected chi connectivity index (χ4v) is 5.72. The molecule has 0 aliphatic carbocycles. The number of amides is 3. The number of hydrogen-bond donors (Lipinski definition) is 3. The van der Waals surface area contributed by atoms with Crippen molar-refractivity contribution in [1.29, 1.82) is 0 Å². The second-order valence-corrected chi connectivity index (χ2v) is 9.69. The van der Waals surface area contributed by atoms with E-state index >= 15 is 0 Å². The minimum Gasteiger partial charge on any atom is -0.465 e. The third kappa shape index (κ3) is 4.14. The number of nitrogens with one attached hydrogen (secondary N) is 2. The van der Waals surface area contributed by atoms with E-state index in [4.69, 9.17) is 0 Å². The lowest BCUT2D eigenvalue weighted by Crippen LogP contribution is -2.51. The highest BCUT2D eigenvalue weighted by Gasteiger charge is 2.35. The number of benzene rings is 2. The van der Waals surface area contributed by atoms with Gasteiger partial charge >= 0.3 is 6.09 Å². The van der Waals surface area contributed by atoms with Gasteiger partial charge in [-0.05, 0) is 68.0 Å². The van der Waals surface area contributed by atoms with Gasteiger partial charge in [0.25, 0.3) is 5.91 Å². The van der Waals surface area contributed by atoms with Gasteiger partial charge in [-0.15, -0.1) is 0 Å². The van der Waals surface area contributed by atoms with E-state index in [1.807, 2.05) is 25.1 Å². The van der Waals surface area contributed by atoms with Crippen LogP contribution in [0.5, 0.6) is 0 Å². The van der Waals surface area contributed by atoms with Crippen molar-refractivity contribution in [3.8, 4) is 11.1 Å². The van der Waals surface area contributed by atoms with Crippen molar-refractivity contribution in [2.45, 2.75) is 63.7 Å². The summed E-state index contributed by atoms with van der Waals surface area (Å²) in [6.45, 7) is 3.54. The average Bonchev–Trinajstić information content (AvgIpc) is 3.15. The molecule has 0 aromatic heterocycles. The maximum atomic E-state index is 12.8. The Hall–Kier alpha value is -3.39. The Bertz CT molecular complexity index is 1120. The van der Waals surface area contributed by atoms with Gasteiger partial charge in [0.15, 0.2) is 0 Å². The SMILES string of the molecule is CC(=O)N1c2ccc(-c3ccc(C(=O)N[C@H]4C[C@H]5CC[C@@H](C4)N5)cc3)cc2N(C(=O)O)C[C@@H]1C. The van der Waals surface area contributed by atoms with E-state index in [2.05, 4.69) is 10.6 Å². The molecule has 2 bridgehead atoms. The molecule has 2 fully saturated rings. The van der Waals surface area contributed by atoms with Crippen LogP contribution in [0.4, 0.5) is 16.2 Å². The van der Waals surface area contributed by atoms with Gasteiger partial charge in [-0.1, -0.05) is 18.2 Å². The molecule has 34 heavy (non-hydrogen) atoms. The Morgan fingerprint density at radius 1 is 0.971 bits per heavy atom. The van der Waals surface area contributed by atoms with Gasteiger partial charge in [-0.25, -0.2) is 4.79 Å². The van der Waals surface area contributed by atoms with Crippen molar-refractivity contribution < 1.29 is 19.5 Å². The number of carbonyl (C=O) groups excluding carboxylic acids is 2. The van der Waals surface area contributed by atoms with Crippen molar-refractivity contribution in [3.63, 3.8) is 0 Å². The van der Waals surface area contributed by atoms with Crippen molar-refractivity contribution in [1.82, 2.24) is 10.6 Å². The molecular weight excluding hydrogens is 432 g/mol. The fraction of sp³-hybridized carbons (Fsp3) is 0.423. The molecule has 3 heterocycles. The first kappa shape index (κ1) is 22.4. The average molecular weight is 463 g/mol.